The maximum Gasteiger partial charge on any atom is 0.287 e. The van der Waals surface area contributed by atoms with Crippen LogP contribution in [0.2, 0.25) is 0 Å². The molecule has 0 aliphatic carbocycles. The van der Waals surface area contributed by atoms with Gasteiger partial charge in [-0.05, 0) is 12.1 Å². The quantitative estimate of drug-likeness (QED) is 0.634. The van der Waals surface area contributed by atoms with E-state index in [1.54, 1.807) is 6.07 Å². The van der Waals surface area contributed by atoms with Gasteiger partial charge in [-0.25, -0.2) is 0 Å². The Morgan fingerprint density at radius 1 is 1.11 bits per heavy atom. The van der Waals surface area contributed by atoms with E-state index in [4.69, 9.17) is 9.47 Å². The Morgan fingerprint density at radius 3 is 2.47 bits per heavy atom. The van der Waals surface area contributed by atoms with E-state index in [1.165, 1.54) is 17.8 Å². The zero-order valence-electron chi connectivity index (χ0n) is 9.74. The molecule has 0 bridgehead atoms. The monoisotopic (exact) mass is 275 g/mol. The molecule has 0 spiro atoms. The van der Waals surface area contributed by atoms with Crippen molar-refractivity contribution in [1.29, 1.82) is 0 Å². The van der Waals surface area contributed by atoms with Crippen molar-refractivity contribution in [1.82, 2.24) is 0 Å². The van der Waals surface area contributed by atoms with Gasteiger partial charge < -0.3 is 9.47 Å². The molecule has 0 saturated heterocycles. The van der Waals surface area contributed by atoms with Crippen molar-refractivity contribution in [3.8, 4) is 11.5 Å². The number of fused-ring (bicyclic) bond motifs is 1. The largest absolute Gasteiger partial charge is 0.454 e. The van der Waals surface area contributed by atoms with Crippen molar-refractivity contribution in [2.24, 2.45) is 0 Å². The second-order valence-electron chi connectivity index (χ2n) is 3.85. The maximum absolute atomic E-state index is 11.1. The molecule has 19 heavy (non-hydrogen) atoms. The molecule has 0 fully saturated rings. The Bertz CT molecular complexity index is 630. The van der Waals surface area contributed by atoms with Gasteiger partial charge in [0.05, 0.1) is 15.9 Å². The lowest BCUT2D eigenvalue weighted by molar-refractivity contribution is -0.387. The van der Waals surface area contributed by atoms with Gasteiger partial charge in [0, 0.05) is 11.0 Å². The zero-order valence-corrected chi connectivity index (χ0v) is 10.6. The predicted octanol–water partition coefficient (Wildman–Crippen LogP) is 3.47. The van der Waals surface area contributed by atoms with Gasteiger partial charge in [-0.2, -0.15) is 0 Å². The van der Waals surface area contributed by atoms with Gasteiger partial charge >= 0.3 is 0 Å². The number of hydrogen-bond acceptors (Lipinski definition) is 5. The highest BCUT2D eigenvalue weighted by atomic mass is 32.2. The summed E-state index contributed by atoms with van der Waals surface area (Å²) in [7, 11) is 0. The summed E-state index contributed by atoms with van der Waals surface area (Å²) >= 11 is 1.33. The Kier molecular flexibility index (Phi) is 3.00. The molecule has 1 aliphatic heterocycles. The third-order valence-corrected chi connectivity index (χ3v) is 3.68. The molecular weight excluding hydrogens is 266 g/mol. The van der Waals surface area contributed by atoms with E-state index in [-0.39, 0.29) is 12.5 Å². The average Bonchev–Trinajstić information content (AvgIpc) is 2.86. The third kappa shape index (κ3) is 2.34. The van der Waals surface area contributed by atoms with Crippen LogP contribution in [0.3, 0.4) is 0 Å². The van der Waals surface area contributed by atoms with Gasteiger partial charge in [0.2, 0.25) is 6.79 Å². The molecule has 0 atom stereocenters. The number of nitrogens with zero attached hydrogens (tertiary/aromatic N) is 1. The van der Waals surface area contributed by atoms with Crippen LogP contribution in [0.1, 0.15) is 0 Å². The van der Waals surface area contributed by atoms with Crippen LogP contribution < -0.4 is 9.47 Å². The summed E-state index contributed by atoms with van der Waals surface area (Å²) in [6.07, 6.45) is 0. The van der Waals surface area contributed by atoms with E-state index in [1.807, 2.05) is 30.3 Å². The summed E-state index contributed by atoms with van der Waals surface area (Å²) in [6.45, 7) is 0.103. The lowest BCUT2D eigenvalue weighted by atomic mass is 10.3. The number of nitro groups is 1. The topological polar surface area (TPSA) is 61.6 Å². The van der Waals surface area contributed by atoms with Gasteiger partial charge in [-0.15, -0.1) is 0 Å². The molecule has 1 heterocycles. The molecule has 2 aromatic rings. The summed E-state index contributed by atoms with van der Waals surface area (Å²) in [6, 6.07) is 12.5. The van der Waals surface area contributed by atoms with E-state index in [0.717, 1.165) is 4.90 Å². The van der Waals surface area contributed by atoms with E-state index >= 15 is 0 Å². The summed E-state index contributed by atoms with van der Waals surface area (Å²) < 4.78 is 10.4. The molecule has 1 aliphatic rings. The van der Waals surface area contributed by atoms with Crippen molar-refractivity contribution >= 4 is 17.4 Å². The highest BCUT2D eigenvalue weighted by Gasteiger charge is 2.23. The van der Waals surface area contributed by atoms with Crippen LogP contribution in [0.15, 0.2) is 52.3 Å². The Balaban J connectivity index is 2.02. The first-order valence-electron chi connectivity index (χ1n) is 5.55. The van der Waals surface area contributed by atoms with Gasteiger partial charge in [-0.1, -0.05) is 30.0 Å². The minimum Gasteiger partial charge on any atom is -0.454 e. The van der Waals surface area contributed by atoms with Crippen LogP contribution in [0.25, 0.3) is 0 Å². The Morgan fingerprint density at radius 2 is 1.79 bits per heavy atom. The normalized spacial score (nSPS) is 12.4. The van der Waals surface area contributed by atoms with Crippen LogP contribution in [0.5, 0.6) is 11.5 Å². The fourth-order valence-electron chi connectivity index (χ4n) is 1.75. The second-order valence-corrected chi connectivity index (χ2v) is 4.96. The van der Waals surface area contributed by atoms with E-state index in [2.05, 4.69) is 0 Å². The van der Waals surface area contributed by atoms with Crippen LogP contribution in [0.4, 0.5) is 5.69 Å². The average molecular weight is 275 g/mol. The standard InChI is InChI=1S/C13H9NO4S/c15-14(16)10-6-11-12(18-8-17-11)7-13(10)19-9-4-2-1-3-5-9/h1-7H,8H2. The van der Waals surface area contributed by atoms with E-state index < -0.39 is 4.92 Å². The SMILES string of the molecule is O=[N+]([O-])c1cc2c(cc1Sc1ccccc1)OCO2. The molecule has 96 valence electrons. The van der Waals surface area contributed by atoms with Crippen LogP contribution in [0, 0.1) is 10.1 Å². The molecule has 0 unspecified atom stereocenters. The molecule has 6 heteroatoms. The maximum atomic E-state index is 11.1. The van der Waals surface area contributed by atoms with E-state index in [0.29, 0.717) is 16.4 Å². The number of benzene rings is 2. The summed E-state index contributed by atoms with van der Waals surface area (Å²) in [5.41, 5.74) is 0.0260. The van der Waals surface area contributed by atoms with E-state index in [9.17, 15) is 10.1 Å². The smallest absolute Gasteiger partial charge is 0.287 e. The van der Waals surface area contributed by atoms with Crippen LogP contribution in [-0.2, 0) is 0 Å². The number of nitro benzene ring substituents is 1. The van der Waals surface area contributed by atoms with Crippen molar-refractivity contribution in [3.63, 3.8) is 0 Å². The van der Waals surface area contributed by atoms with Crippen molar-refractivity contribution in [2.75, 3.05) is 6.79 Å². The molecule has 0 aromatic heterocycles. The van der Waals surface area contributed by atoms with Crippen molar-refractivity contribution < 1.29 is 14.4 Å². The highest BCUT2D eigenvalue weighted by molar-refractivity contribution is 7.99. The molecule has 0 amide bonds. The molecular formula is C13H9NO4S. The molecule has 0 N–H and O–H groups in total. The lowest BCUT2D eigenvalue weighted by Gasteiger charge is -2.04. The number of hydrogen-bond donors (Lipinski definition) is 0. The number of rotatable bonds is 3. The minimum absolute atomic E-state index is 0.0260. The van der Waals surface area contributed by atoms with Gasteiger partial charge in [0.1, 0.15) is 0 Å². The lowest BCUT2D eigenvalue weighted by Crippen LogP contribution is -1.93. The molecule has 5 nitrogen and oxygen atoms in total. The predicted molar refractivity (Wildman–Crippen MR) is 69.8 cm³/mol. The highest BCUT2D eigenvalue weighted by Crippen LogP contribution is 2.43. The molecule has 3 rings (SSSR count). The van der Waals surface area contributed by atoms with Gasteiger partial charge in [0.25, 0.3) is 5.69 Å². The summed E-state index contributed by atoms with van der Waals surface area (Å²) in [5.74, 6) is 0.966. The first kappa shape index (κ1) is 11.9. The summed E-state index contributed by atoms with van der Waals surface area (Å²) in [5, 5.41) is 11.1. The van der Waals surface area contributed by atoms with Crippen molar-refractivity contribution in [3.05, 3.63) is 52.6 Å². The first-order valence-corrected chi connectivity index (χ1v) is 6.36. The first-order chi connectivity index (χ1) is 9.24. The van der Waals surface area contributed by atoms with Gasteiger partial charge in [-0.3, -0.25) is 10.1 Å². The Labute approximate surface area is 113 Å². The van der Waals surface area contributed by atoms with Gasteiger partial charge in [0.15, 0.2) is 11.5 Å². The van der Waals surface area contributed by atoms with Crippen molar-refractivity contribution in [2.45, 2.75) is 9.79 Å². The molecule has 0 saturated carbocycles. The second kappa shape index (κ2) is 4.81. The zero-order chi connectivity index (χ0) is 13.2. The summed E-state index contributed by atoms with van der Waals surface area (Å²) in [4.78, 5) is 12.2. The number of ether oxygens (including phenoxy) is 2. The minimum atomic E-state index is -0.409. The fourth-order valence-corrected chi connectivity index (χ4v) is 2.70. The van der Waals surface area contributed by atoms with Crippen LogP contribution in [-0.4, -0.2) is 11.7 Å². The molecule has 0 radical (unpaired) electrons. The fraction of sp³-hybridized carbons (Fsp3) is 0.0769. The Hall–Kier alpha value is -2.21. The molecule has 2 aromatic carbocycles. The third-order valence-electron chi connectivity index (χ3n) is 2.62. The van der Waals surface area contributed by atoms with Crippen LogP contribution >= 0.6 is 11.8 Å².